The Kier molecular flexibility index (Phi) is 1.24. The lowest BCUT2D eigenvalue weighted by molar-refractivity contribution is 0.991. The van der Waals surface area contributed by atoms with Crippen molar-refractivity contribution in [3.8, 4) is 0 Å². The Morgan fingerprint density at radius 2 is 2.38 bits per heavy atom. The number of hydrogen-bond acceptors (Lipinski definition) is 2. The summed E-state index contributed by atoms with van der Waals surface area (Å²) in [6.07, 6.45) is 1.70. The van der Waals surface area contributed by atoms with Crippen LogP contribution >= 0.6 is 0 Å². The first-order valence-corrected chi connectivity index (χ1v) is 2.40. The summed E-state index contributed by atoms with van der Waals surface area (Å²) in [7, 11) is 0. The normalized spacial score (nSPS) is 9.25. The molecule has 0 N–H and O–H groups in total. The zero-order valence-corrected chi connectivity index (χ0v) is 4.76. The van der Waals surface area contributed by atoms with Crippen molar-refractivity contribution < 1.29 is 0 Å². The van der Waals surface area contributed by atoms with Gasteiger partial charge in [0.25, 0.3) is 0 Å². The second kappa shape index (κ2) is 1.90. The van der Waals surface area contributed by atoms with Gasteiger partial charge in [0.15, 0.2) is 0 Å². The fourth-order valence-electron chi connectivity index (χ4n) is 0.523. The molecule has 1 heterocycles. The monoisotopic (exact) mass is 107 g/mol. The average molecular weight is 107 g/mol. The highest BCUT2D eigenvalue weighted by molar-refractivity contribution is 5.11. The molecule has 0 aliphatic carbocycles. The van der Waals surface area contributed by atoms with E-state index in [9.17, 15) is 0 Å². The first-order chi connectivity index (χ1) is 3.79. The topological polar surface area (TPSA) is 25.8 Å². The lowest BCUT2D eigenvalue weighted by Gasteiger charge is -1.88. The van der Waals surface area contributed by atoms with E-state index in [1.54, 1.807) is 6.20 Å². The lowest BCUT2D eigenvalue weighted by Crippen LogP contribution is -1.84. The van der Waals surface area contributed by atoms with Crippen LogP contribution in [0.4, 0.5) is 0 Å². The maximum Gasteiger partial charge on any atom is 0.0637 e. The minimum atomic E-state index is 0.727. The van der Waals surface area contributed by atoms with Crippen molar-refractivity contribution >= 4 is 0 Å². The Hall–Kier alpha value is -0.920. The van der Waals surface area contributed by atoms with Crippen LogP contribution in [-0.2, 0) is 0 Å². The summed E-state index contributed by atoms with van der Waals surface area (Å²) >= 11 is 0. The third-order valence-corrected chi connectivity index (χ3v) is 0.842. The predicted molar refractivity (Wildman–Crippen MR) is 31.2 cm³/mol. The molecule has 0 amide bonds. The van der Waals surface area contributed by atoms with Crippen LogP contribution in [0.5, 0.6) is 0 Å². The molecule has 1 rings (SSSR count). The van der Waals surface area contributed by atoms with Gasteiger partial charge < -0.3 is 0 Å². The van der Waals surface area contributed by atoms with Crippen molar-refractivity contribution in [2.75, 3.05) is 0 Å². The standard InChI is InChI=1S/C6H7N2/c1-5-3-6(2)8-7-4-5/h3-4H,2H2,1H3. The number of rotatable bonds is 0. The molecule has 41 valence electrons. The second-order valence-corrected chi connectivity index (χ2v) is 1.72. The van der Waals surface area contributed by atoms with Crippen LogP contribution in [0.15, 0.2) is 12.3 Å². The largest absolute Gasteiger partial charge is 0.159 e. The van der Waals surface area contributed by atoms with Gasteiger partial charge in [-0.05, 0) is 25.5 Å². The molecule has 0 aromatic carbocycles. The minimum absolute atomic E-state index is 0.727. The summed E-state index contributed by atoms with van der Waals surface area (Å²) in [5, 5.41) is 7.35. The molecule has 0 spiro atoms. The van der Waals surface area contributed by atoms with Crippen molar-refractivity contribution in [1.29, 1.82) is 0 Å². The fraction of sp³-hybridized carbons (Fsp3) is 0.167. The molecule has 0 aliphatic heterocycles. The molecule has 0 bridgehead atoms. The molecule has 0 atom stereocenters. The minimum Gasteiger partial charge on any atom is -0.159 e. The zero-order valence-electron chi connectivity index (χ0n) is 4.76. The van der Waals surface area contributed by atoms with Crippen LogP contribution in [-0.4, -0.2) is 10.2 Å². The summed E-state index contributed by atoms with van der Waals surface area (Å²) in [6, 6.07) is 1.88. The molecule has 0 saturated carbocycles. The van der Waals surface area contributed by atoms with E-state index >= 15 is 0 Å². The van der Waals surface area contributed by atoms with Crippen LogP contribution < -0.4 is 0 Å². The fourth-order valence-corrected chi connectivity index (χ4v) is 0.523. The molecular weight excluding hydrogens is 100 g/mol. The van der Waals surface area contributed by atoms with E-state index in [1.807, 2.05) is 13.0 Å². The molecule has 0 saturated heterocycles. The first-order valence-electron chi connectivity index (χ1n) is 2.40. The first kappa shape index (κ1) is 5.22. The van der Waals surface area contributed by atoms with E-state index in [0.717, 1.165) is 11.3 Å². The third-order valence-electron chi connectivity index (χ3n) is 0.842. The second-order valence-electron chi connectivity index (χ2n) is 1.72. The van der Waals surface area contributed by atoms with Crippen LogP contribution in [0.25, 0.3) is 0 Å². The average Bonchev–Trinajstić information content (AvgIpc) is 1.64. The van der Waals surface area contributed by atoms with Crippen molar-refractivity contribution in [2.45, 2.75) is 6.92 Å². The molecule has 2 heteroatoms. The highest BCUT2D eigenvalue weighted by atomic mass is 15.1. The highest BCUT2D eigenvalue weighted by Gasteiger charge is 1.83. The van der Waals surface area contributed by atoms with Gasteiger partial charge in [-0.25, -0.2) is 0 Å². The summed E-state index contributed by atoms with van der Waals surface area (Å²) in [5.41, 5.74) is 1.83. The number of aryl methyl sites for hydroxylation is 1. The summed E-state index contributed by atoms with van der Waals surface area (Å²) in [6.45, 7) is 5.57. The van der Waals surface area contributed by atoms with Gasteiger partial charge in [-0.1, -0.05) is 0 Å². The van der Waals surface area contributed by atoms with Gasteiger partial charge >= 0.3 is 0 Å². The van der Waals surface area contributed by atoms with Gasteiger partial charge in [0.05, 0.1) is 11.9 Å². The maximum absolute atomic E-state index is 3.68. The van der Waals surface area contributed by atoms with Crippen LogP contribution in [0.1, 0.15) is 11.3 Å². The molecule has 1 radical (unpaired) electrons. The van der Waals surface area contributed by atoms with Crippen molar-refractivity contribution in [3.63, 3.8) is 0 Å². The quantitative estimate of drug-likeness (QED) is 0.493. The molecule has 2 nitrogen and oxygen atoms in total. The third kappa shape index (κ3) is 1.03. The van der Waals surface area contributed by atoms with Gasteiger partial charge in [0.1, 0.15) is 0 Å². The lowest BCUT2D eigenvalue weighted by atomic mass is 10.3. The van der Waals surface area contributed by atoms with Gasteiger partial charge in [-0.2, -0.15) is 10.2 Å². The van der Waals surface area contributed by atoms with Crippen LogP contribution in [0.3, 0.4) is 0 Å². The summed E-state index contributed by atoms with van der Waals surface area (Å²) in [5.74, 6) is 0. The molecule has 8 heavy (non-hydrogen) atoms. The number of nitrogens with zero attached hydrogens (tertiary/aromatic N) is 2. The molecule has 0 fully saturated rings. The van der Waals surface area contributed by atoms with Gasteiger partial charge in [0, 0.05) is 0 Å². The van der Waals surface area contributed by atoms with Crippen molar-refractivity contribution in [3.05, 3.63) is 30.4 Å². The van der Waals surface area contributed by atoms with Gasteiger partial charge in [-0.3, -0.25) is 0 Å². The molecule has 1 aromatic rings. The summed E-state index contributed by atoms with van der Waals surface area (Å²) in [4.78, 5) is 0. The Morgan fingerprint density at radius 1 is 1.62 bits per heavy atom. The van der Waals surface area contributed by atoms with Gasteiger partial charge in [-0.15, -0.1) is 0 Å². The zero-order chi connectivity index (χ0) is 5.98. The van der Waals surface area contributed by atoms with E-state index in [4.69, 9.17) is 0 Å². The van der Waals surface area contributed by atoms with E-state index in [0.29, 0.717) is 0 Å². The number of aromatic nitrogens is 2. The van der Waals surface area contributed by atoms with Crippen LogP contribution in [0.2, 0.25) is 0 Å². The van der Waals surface area contributed by atoms with E-state index in [-0.39, 0.29) is 0 Å². The Bertz CT molecular complexity index is 166. The molecule has 0 unspecified atom stereocenters. The van der Waals surface area contributed by atoms with E-state index in [1.165, 1.54) is 0 Å². The SMILES string of the molecule is [CH2]c1cc(C)cnn1. The van der Waals surface area contributed by atoms with Gasteiger partial charge in [0.2, 0.25) is 0 Å². The van der Waals surface area contributed by atoms with Crippen molar-refractivity contribution in [2.24, 2.45) is 0 Å². The molecule has 0 aliphatic rings. The smallest absolute Gasteiger partial charge is 0.0637 e. The van der Waals surface area contributed by atoms with E-state index < -0.39 is 0 Å². The Morgan fingerprint density at radius 3 is 2.75 bits per heavy atom. The van der Waals surface area contributed by atoms with E-state index in [2.05, 4.69) is 17.1 Å². The maximum atomic E-state index is 3.68. The van der Waals surface area contributed by atoms with Crippen molar-refractivity contribution in [1.82, 2.24) is 10.2 Å². The molecular formula is C6H7N2. The predicted octanol–water partition coefficient (Wildman–Crippen LogP) is 0.967. The Balaban J connectivity index is 3.08. The summed E-state index contributed by atoms with van der Waals surface area (Å²) < 4.78 is 0. The Labute approximate surface area is 48.6 Å². The van der Waals surface area contributed by atoms with Crippen LogP contribution in [0, 0.1) is 13.8 Å². The molecule has 1 aromatic heterocycles. The number of hydrogen-bond donors (Lipinski definition) is 0. The highest BCUT2D eigenvalue weighted by Crippen LogP contribution is 1.93.